The van der Waals surface area contributed by atoms with E-state index in [1.165, 1.54) is 22.6 Å². The van der Waals surface area contributed by atoms with Gasteiger partial charge < -0.3 is 14.6 Å². The second-order valence-corrected chi connectivity index (χ2v) is 11.6. The second-order valence-electron chi connectivity index (χ2n) is 8.05. The van der Waals surface area contributed by atoms with Gasteiger partial charge in [-0.3, -0.25) is 0 Å². The molecule has 38 heavy (non-hydrogen) atoms. The molecule has 1 aromatic rings. The van der Waals surface area contributed by atoms with Crippen molar-refractivity contribution in [3.05, 3.63) is 31.5 Å². The first kappa shape index (κ1) is 35.2. The molecule has 0 aliphatic carbocycles. The van der Waals surface area contributed by atoms with Crippen molar-refractivity contribution in [1.82, 2.24) is 13.7 Å². The van der Waals surface area contributed by atoms with Crippen LogP contribution in [0.3, 0.4) is 0 Å². The highest BCUT2D eigenvalue weighted by Crippen LogP contribution is 2.52. The third-order valence-corrected chi connectivity index (χ3v) is 7.16. The largest absolute Gasteiger partial charge is 0.395 e. The van der Waals surface area contributed by atoms with Gasteiger partial charge in [-0.25, -0.2) is 28.1 Å². The normalized spacial score (nSPS) is 15.1. The zero-order chi connectivity index (χ0) is 29.7. The first-order valence-corrected chi connectivity index (χ1v) is 13.2. The number of hydrogen-bond donors (Lipinski definition) is 1. The zero-order valence-electron chi connectivity index (χ0n) is 19.9. The van der Waals surface area contributed by atoms with E-state index >= 15 is 0 Å². The molecule has 1 N–H and O–H groups in total. The molecule has 1 rings (SSSR count). The van der Waals surface area contributed by atoms with E-state index in [1.54, 1.807) is 6.92 Å². The number of hydrogen-bond acceptors (Lipinski definition) is 6. The predicted molar refractivity (Wildman–Crippen MR) is 135 cm³/mol. The molecule has 1 heterocycles. The maximum atomic E-state index is 14.0. The molecule has 0 aromatic carbocycles. The van der Waals surface area contributed by atoms with Crippen molar-refractivity contribution in [2.45, 2.75) is 64.5 Å². The number of aromatic nitrogens is 3. The lowest BCUT2D eigenvalue weighted by molar-refractivity contribution is -0.376. The van der Waals surface area contributed by atoms with Gasteiger partial charge in [0.1, 0.15) is 13.2 Å². The number of nitrogens with zero attached hydrogens (tertiary/aromatic N) is 3. The van der Waals surface area contributed by atoms with Gasteiger partial charge >= 0.3 is 40.8 Å². The van der Waals surface area contributed by atoms with E-state index in [0.29, 0.717) is 22.7 Å². The van der Waals surface area contributed by atoms with Crippen LogP contribution in [0.1, 0.15) is 13.3 Å². The Labute approximate surface area is 237 Å². The third-order valence-electron chi connectivity index (χ3n) is 5.13. The second kappa shape index (κ2) is 13.7. The van der Waals surface area contributed by atoms with E-state index in [4.69, 9.17) is 5.11 Å². The minimum atomic E-state index is -6.54. The summed E-state index contributed by atoms with van der Waals surface area (Å²) in [6, 6.07) is 0. The summed E-state index contributed by atoms with van der Waals surface area (Å²) in [5.74, 6) is -24.4. The molecule has 0 spiro atoms. The third kappa shape index (κ3) is 7.47. The lowest BCUT2D eigenvalue weighted by atomic mass is 9.99. The Morgan fingerprint density at radius 3 is 1.63 bits per heavy atom. The molecular formula is C19H25F8I2N3O6. The van der Waals surface area contributed by atoms with E-state index in [2.05, 4.69) is 9.47 Å². The quantitative estimate of drug-likeness (QED) is 0.157. The van der Waals surface area contributed by atoms with Crippen LogP contribution in [0.25, 0.3) is 0 Å². The van der Waals surface area contributed by atoms with E-state index in [9.17, 15) is 49.5 Å². The molecule has 9 nitrogen and oxygen atoms in total. The Bertz CT molecular complexity index is 1110. The highest BCUT2D eigenvalue weighted by atomic mass is 127. The van der Waals surface area contributed by atoms with Crippen LogP contribution in [0.15, 0.2) is 14.4 Å². The van der Waals surface area contributed by atoms with Crippen LogP contribution in [-0.2, 0) is 29.1 Å². The fraction of sp³-hybridized carbons (Fsp3) is 0.842. The van der Waals surface area contributed by atoms with Gasteiger partial charge in [-0.1, -0.05) is 52.1 Å². The van der Waals surface area contributed by atoms with Gasteiger partial charge in [0.25, 0.3) is 0 Å². The van der Waals surface area contributed by atoms with Crippen molar-refractivity contribution in [1.29, 1.82) is 0 Å². The number of aliphatic hydroxyl groups is 1. The van der Waals surface area contributed by atoms with Gasteiger partial charge in [0, 0.05) is 24.1 Å². The first-order chi connectivity index (χ1) is 17.3. The predicted octanol–water partition coefficient (Wildman–Crippen LogP) is 2.39. The fourth-order valence-electron chi connectivity index (χ4n) is 3.00. The summed E-state index contributed by atoms with van der Waals surface area (Å²) in [4.78, 5) is 38.0. The average Bonchev–Trinajstić information content (AvgIpc) is 2.81. The van der Waals surface area contributed by atoms with Crippen LogP contribution in [-0.4, -0.2) is 83.9 Å². The van der Waals surface area contributed by atoms with E-state index in [1.807, 2.05) is 22.6 Å². The van der Waals surface area contributed by atoms with E-state index < -0.39 is 84.2 Å². The summed E-state index contributed by atoms with van der Waals surface area (Å²) in [6.45, 7) is -5.57. The molecule has 2 unspecified atom stereocenters. The molecule has 0 aliphatic rings. The molecule has 0 saturated heterocycles. The smallest absolute Gasteiger partial charge is 0.380 e. The van der Waals surface area contributed by atoms with Crippen molar-refractivity contribution in [3.63, 3.8) is 0 Å². The maximum Gasteiger partial charge on any atom is 0.380 e. The maximum absolute atomic E-state index is 14.0. The van der Waals surface area contributed by atoms with E-state index in [-0.39, 0.29) is 10.5 Å². The van der Waals surface area contributed by atoms with Gasteiger partial charge in [0.2, 0.25) is 0 Å². The molecule has 0 saturated carbocycles. The van der Waals surface area contributed by atoms with Gasteiger partial charge in [-0.2, -0.15) is 35.1 Å². The minimum absolute atomic E-state index is 0.105. The molecule has 0 aliphatic heterocycles. The average molecular weight is 797 g/mol. The summed E-state index contributed by atoms with van der Waals surface area (Å²) in [5, 5.41) is 9.17. The summed E-state index contributed by atoms with van der Waals surface area (Å²) in [6.07, 6.45) is 0.545. The zero-order valence-corrected chi connectivity index (χ0v) is 24.2. The summed E-state index contributed by atoms with van der Waals surface area (Å²) in [7, 11) is 0.490. The highest BCUT2D eigenvalue weighted by Gasteiger charge is 2.80. The lowest BCUT2D eigenvalue weighted by Crippen LogP contribution is -2.64. The van der Waals surface area contributed by atoms with Crippen LogP contribution >= 0.6 is 45.2 Å². The van der Waals surface area contributed by atoms with Crippen molar-refractivity contribution < 1.29 is 49.7 Å². The van der Waals surface area contributed by atoms with Crippen LogP contribution in [0.5, 0.6) is 0 Å². The molecule has 19 heteroatoms. The highest BCUT2D eigenvalue weighted by molar-refractivity contribution is 14.1. The number of alkyl halides is 10. The van der Waals surface area contributed by atoms with Crippen LogP contribution in [0.2, 0.25) is 0 Å². The van der Waals surface area contributed by atoms with E-state index in [0.717, 1.165) is 4.57 Å². The monoisotopic (exact) mass is 797 g/mol. The summed E-state index contributed by atoms with van der Waals surface area (Å²) < 4.78 is 118. The van der Waals surface area contributed by atoms with Crippen molar-refractivity contribution in [2.24, 2.45) is 0 Å². The van der Waals surface area contributed by atoms with Crippen molar-refractivity contribution >= 4 is 45.2 Å². The lowest BCUT2D eigenvalue weighted by Gasteiger charge is -2.36. The van der Waals surface area contributed by atoms with Crippen LogP contribution in [0.4, 0.5) is 35.1 Å². The summed E-state index contributed by atoms with van der Waals surface area (Å²) in [5.41, 5.74) is -3.21. The number of methoxy groups -OCH3 is 1. The number of ether oxygens (including phenoxy) is 2. The Balaban J connectivity index is 3.13. The number of aliphatic hydroxyl groups excluding tert-OH is 1. The first-order valence-electron chi connectivity index (χ1n) is 10.7. The molecule has 1 aromatic heterocycles. The van der Waals surface area contributed by atoms with Crippen molar-refractivity contribution in [3.8, 4) is 0 Å². The Kier molecular flexibility index (Phi) is 12.7. The molecule has 0 radical (unpaired) electrons. The minimum Gasteiger partial charge on any atom is -0.395 e. The summed E-state index contributed by atoms with van der Waals surface area (Å²) >= 11 is 3.45. The topological polar surface area (TPSA) is 105 Å². The molecule has 0 fully saturated rings. The molecule has 0 amide bonds. The Morgan fingerprint density at radius 2 is 1.21 bits per heavy atom. The fourth-order valence-corrected chi connectivity index (χ4v) is 4.04. The van der Waals surface area contributed by atoms with Gasteiger partial charge in [-0.05, 0) is 6.42 Å². The molecule has 0 bridgehead atoms. The number of rotatable bonds is 16. The van der Waals surface area contributed by atoms with Gasteiger partial charge in [0.05, 0.1) is 23.7 Å². The van der Waals surface area contributed by atoms with Crippen LogP contribution in [0, 0.1) is 0 Å². The van der Waals surface area contributed by atoms with Gasteiger partial charge in [-0.15, -0.1) is 0 Å². The Morgan fingerprint density at radius 1 is 0.789 bits per heavy atom. The Hall–Kier alpha value is -0.810. The number of halogens is 10. The molecule has 222 valence electrons. The standard InChI is InChI=1S/C19H25F8I2N3O6/c1-3-11(28)6-31-13(34)30(4-5-33)14(35)32(15(31)36)7-12(29)8-38-10-17(22,23)19(26,27)18(24,25)16(20,21)9-37-2/h11-12,33H,3-10H2,1-2H3. The SMILES string of the molecule is CCC(I)Cn1c(=O)n(CCO)c(=O)n(CC(I)COCC(F)(F)C(F)(F)C(F)(F)C(F)(F)COC)c1=O. The van der Waals surface area contributed by atoms with Gasteiger partial charge in [0.15, 0.2) is 0 Å². The molecule has 2 atom stereocenters. The van der Waals surface area contributed by atoms with Crippen LogP contribution < -0.4 is 17.1 Å². The molecular weight excluding hydrogens is 772 g/mol. The van der Waals surface area contributed by atoms with Crippen molar-refractivity contribution in [2.75, 3.05) is 33.5 Å².